The largest absolute Gasteiger partial charge is 0.398 e. The maximum atomic E-state index is 6.07. The first-order chi connectivity index (χ1) is 9.34. The fraction of sp³-hybridized carbons (Fsp3) is 0. The second-order valence-corrected chi connectivity index (χ2v) is 4.51. The highest BCUT2D eigenvalue weighted by Crippen LogP contribution is 2.36. The minimum Gasteiger partial charge on any atom is -0.398 e. The summed E-state index contributed by atoms with van der Waals surface area (Å²) in [5.74, 6) is 0. The highest BCUT2D eigenvalue weighted by Gasteiger charge is 2.08. The Labute approximate surface area is 110 Å². The van der Waals surface area contributed by atoms with Gasteiger partial charge in [0.25, 0.3) is 0 Å². The van der Waals surface area contributed by atoms with E-state index in [1.807, 2.05) is 6.07 Å². The molecule has 0 aliphatic carbocycles. The first-order valence-corrected chi connectivity index (χ1v) is 5.96. The van der Waals surface area contributed by atoms with E-state index in [4.69, 9.17) is 16.5 Å². The number of nitrogen functional groups attached to an aromatic ring is 1. The Morgan fingerprint density at radius 1 is 0.632 bits per heavy atom. The lowest BCUT2D eigenvalue weighted by Gasteiger charge is -2.11. The highest BCUT2D eigenvalue weighted by atomic mass is 14.6. The Bertz CT molecular complexity index is 878. The van der Waals surface area contributed by atoms with Gasteiger partial charge in [0.15, 0.2) is 0 Å². The number of nitrogens with zero attached hydrogens (tertiary/aromatic N) is 2. The molecule has 4 rings (SSSR count). The van der Waals surface area contributed by atoms with Crippen molar-refractivity contribution in [1.82, 2.24) is 0 Å². The van der Waals surface area contributed by atoms with Gasteiger partial charge in [0.1, 0.15) is 0 Å². The summed E-state index contributed by atoms with van der Waals surface area (Å²) in [6, 6.07) is 19.1. The van der Waals surface area contributed by atoms with Gasteiger partial charge in [-0.05, 0) is 33.0 Å². The molecule has 4 aromatic rings. The van der Waals surface area contributed by atoms with Crippen molar-refractivity contribution in [2.24, 2.45) is 0 Å². The van der Waals surface area contributed by atoms with Gasteiger partial charge in [-0.15, -0.1) is 0 Å². The molecule has 0 saturated heterocycles. The van der Waals surface area contributed by atoms with Crippen molar-refractivity contribution in [3.8, 4) is 0 Å². The summed E-state index contributed by atoms with van der Waals surface area (Å²) in [5, 5.41) is 19.6. The number of rotatable bonds is 0. The van der Waals surface area contributed by atoms with Crippen molar-refractivity contribution in [2.45, 2.75) is 0 Å². The van der Waals surface area contributed by atoms with Crippen LogP contribution in [0.15, 0.2) is 54.6 Å². The van der Waals surface area contributed by atoms with E-state index in [-0.39, 0.29) is 0 Å². The zero-order valence-electron chi connectivity index (χ0n) is 10.2. The maximum absolute atomic E-state index is 6.07. The SMILES string of the molecule is N#N.Nc1ccc2ccc3cccc4ccc1c2c34. The van der Waals surface area contributed by atoms with Gasteiger partial charge in [-0.25, -0.2) is 0 Å². The smallest absolute Gasteiger partial charge is 0.0394 e. The molecule has 0 aliphatic rings. The van der Waals surface area contributed by atoms with E-state index < -0.39 is 0 Å². The monoisotopic (exact) mass is 245 g/mol. The molecule has 0 amide bonds. The second kappa shape index (κ2) is 4.11. The summed E-state index contributed by atoms with van der Waals surface area (Å²) in [5.41, 5.74) is 6.92. The second-order valence-electron chi connectivity index (χ2n) is 4.51. The van der Waals surface area contributed by atoms with Crippen molar-refractivity contribution < 1.29 is 0 Å². The molecule has 19 heavy (non-hydrogen) atoms. The molecule has 0 atom stereocenters. The number of nitrogens with two attached hydrogens (primary N) is 1. The zero-order chi connectivity index (χ0) is 13.4. The fourth-order valence-electron chi connectivity index (χ4n) is 2.76. The molecule has 0 spiro atoms. The maximum Gasteiger partial charge on any atom is 0.0394 e. The summed E-state index contributed by atoms with van der Waals surface area (Å²) < 4.78 is 0. The van der Waals surface area contributed by atoms with Gasteiger partial charge in [0, 0.05) is 21.9 Å². The van der Waals surface area contributed by atoms with E-state index >= 15 is 0 Å². The molecule has 0 radical (unpaired) electrons. The number of hydrogen-bond acceptors (Lipinski definition) is 3. The summed E-state index contributed by atoms with van der Waals surface area (Å²) in [6.45, 7) is 0. The van der Waals surface area contributed by atoms with Crippen LogP contribution in [0, 0.1) is 10.8 Å². The first-order valence-electron chi connectivity index (χ1n) is 5.96. The quantitative estimate of drug-likeness (QED) is 0.286. The van der Waals surface area contributed by atoms with Crippen LogP contribution in [0.4, 0.5) is 5.69 Å². The van der Waals surface area contributed by atoms with Crippen LogP contribution < -0.4 is 5.73 Å². The summed E-state index contributed by atoms with van der Waals surface area (Å²) in [7, 11) is 0. The van der Waals surface area contributed by atoms with E-state index in [0.717, 1.165) is 11.1 Å². The third kappa shape index (κ3) is 1.47. The molecule has 2 N–H and O–H groups in total. The molecular formula is C16H11N3. The van der Waals surface area contributed by atoms with Crippen LogP contribution in [-0.4, -0.2) is 0 Å². The Balaban J connectivity index is 0.000000528. The van der Waals surface area contributed by atoms with Crippen molar-refractivity contribution in [3.63, 3.8) is 0 Å². The van der Waals surface area contributed by atoms with E-state index in [0.29, 0.717) is 0 Å². The van der Waals surface area contributed by atoms with Crippen molar-refractivity contribution >= 4 is 38.0 Å². The van der Waals surface area contributed by atoms with Crippen LogP contribution in [-0.2, 0) is 0 Å². The van der Waals surface area contributed by atoms with Crippen LogP contribution >= 0.6 is 0 Å². The highest BCUT2D eigenvalue weighted by molar-refractivity contribution is 6.24. The van der Waals surface area contributed by atoms with Gasteiger partial charge < -0.3 is 5.73 Å². The number of anilines is 1. The number of benzene rings is 4. The number of hydrogen-bond donors (Lipinski definition) is 1. The summed E-state index contributed by atoms with van der Waals surface area (Å²) in [6.07, 6.45) is 0. The molecule has 0 saturated carbocycles. The van der Waals surface area contributed by atoms with E-state index in [2.05, 4.69) is 48.5 Å². The van der Waals surface area contributed by atoms with Crippen LogP contribution in [0.3, 0.4) is 0 Å². The fourth-order valence-corrected chi connectivity index (χ4v) is 2.76. The standard InChI is InChI=1S/C16H11N.N2/c17-14-9-7-12-5-4-10-2-1-3-11-6-8-13(14)16(12)15(10)11;1-2/h1-9H,17H2;. The molecule has 3 heteroatoms. The van der Waals surface area contributed by atoms with E-state index in [1.165, 1.54) is 26.9 Å². The van der Waals surface area contributed by atoms with E-state index in [9.17, 15) is 0 Å². The molecule has 0 aromatic heterocycles. The topological polar surface area (TPSA) is 73.6 Å². The normalized spacial score (nSPS) is 10.6. The predicted molar refractivity (Wildman–Crippen MR) is 78.0 cm³/mol. The van der Waals surface area contributed by atoms with Gasteiger partial charge in [0.05, 0.1) is 0 Å². The van der Waals surface area contributed by atoms with Crippen molar-refractivity contribution in [2.75, 3.05) is 5.73 Å². The third-order valence-corrected chi connectivity index (χ3v) is 3.56. The Morgan fingerprint density at radius 2 is 1.16 bits per heavy atom. The summed E-state index contributed by atoms with van der Waals surface area (Å²) in [4.78, 5) is 0. The van der Waals surface area contributed by atoms with Crippen LogP contribution in [0.1, 0.15) is 0 Å². The average molecular weight is 245 g/mol. The minimum atomic E-state index is 0.857. The lowest BCUT2D eigenvalue weighted by atomic mass is 9.94. The third-order valence-electron chi connectivity index (χ3n) is 3.56. The Hall–Kier alpha value is -2.86. The predicted octanol–water partition coefficient (Wildman–Crippen LogP) is 4.20. The minimum absolute atomic E-state index is 0.857. The Kier molecular flexibility index (Phi) is 2.43. The average Bonchev–Trinajstić information content (AvgIpc) is 2.49. The van der Waals surface area contributed by atoms with Gasteiger partial charge >= 0.3 is 0 Å². The van der Waals surface area contributed by atoms with Crippen LogP contribution in [0.2, 0.25) is 0 Å². The summed E-state index contributed by atoms with van der Waals surface area (Å²) >= 11 is 0. The van der Waals surface area contributed by atoms with Gasteiger partial charge in [-0.2, -0.15) is 0 Å². The molecule has 0 aliphatic heterocycles. The molecule has 4 aromatic carbocycles. The first kappa shape index (κ1) is 11.2. The van der Waals surface area contributed by atoms with E-state index in [1.54, 1.807) is 0 Å². The van der Waals surface area contributed by atoms with Crippen LogP contribution in [0.25, 0.3) is 32.3 Å². The van der Waals surface area contributed by atoms with Crippen molar-refractivity contribution in [3.05, 3.63) is 54.6 Å². The van der Waals surface area contributed by atoms with Crippen molar-refractivity contribution in [1.29, 1.82) is 10.8 Å². The van der Waals surface area contributed by atoms with Gasteiger partial charge in [0.2, 0.25) is 0 Å². The molecular weight excluding hydrogens is 234 g/mol. The molecule has 0 bridgehead atoms. The van der Waals surface area contributed by atoms with Gasteiger partial charge in [-0.1, -0.05) is 48.5 Å². The molecule has 0 heterocycles. The zero-order valence-corrected chi connectivity index (χ0v) is 10.2. The lowest BCUT2D eigenvalue weighted by Crippen LogP contribution is -1.89. The van der Waals surface area contributed by atoms with Crippen LogP contribution in [0.5, 0.6) is 0 Å². The molecule has 3 nitrogen and oxygen atoms in total. The Morgan fingerprint density at radius 3 is 1.84 bits per heavy atom. The molecule has 0 unspecified atom stereocenters. The molecule has 0 fully saturated rings. The lowest BCUT2D eigenvalue weighted by molar-refractivity contribution is 1.15. The van der Waals surface area contributed by atoms with Gasteiger partial charge in [-0.3, -0.25) is 0 Å². The molecule has 90 valence electrons.